The summed E-state index contributed by atoms with van der Waals surface area (Å²) in [7, 11) is 0. The Labute approximate surface area is 182 Å². The second-order valence-electron chi connectivity index (χ2n) is 8.91. The normalized spacial score (nSPS) is 21.3. The van der Waals surface area contributed by atoms with Gasteiger partial charge in [0.2, 0.25) is 5.43 Å². The van der Waals surface area contributed by atoms with Crippen molar-refractivity contribution in [1.29, 1.82) is 0 Å². The Bertz CT molecular complexity index is 1030. The van der Waals surface area contributed by atoms with Gasteiger partial charge in [-0.3, -0.25) is 4.79 Å². The van der Waals surface area contributed by atoms with Gasteiger partial charge in [-0.2, -0.15) is 0 Å². The van der Waals surface area contributed by atoms with Crippen LogP contribution in [0.15, 0.2) is 23.1 Å². The molecule has 2 aromatic rings. The average molecular weight is 429 g/mol. The monoisotopic (exact) mass is 428 g/mol. The van der Waals surface area contributed by atoms with Crippen molar-refractivity contribution in [3.63, 3.8) is 0 Å². The van der Waals surface area contributed by atoms with Crippen LogP contribution in [0.3, 0.4) is 0 Å². The maximum atomic E-state index is 12.8. The van der Waals surface area contributed by atoms with Crippen molar-refractivity contribution >= 4 is 23.0 Å². The molecule has 168 valence electrons. The summed E-state index contributed by atoms with van der Waals surface area (Å²) in [5.74, 6) is -0.187. The molecule has 3 rings (SSSR count). The van der Waals surface area contributed by atoms with E-state index in [0.29, 0.717) is 35.3 Å². The first-order valence-electron chi connectivity index (χ1n) is 11.1. The highest BCUT2D eigenvalue weighted by Gasteiger charge is 2.33. The Morgan fingerprint density at radius 1 is 1.26 bits per heavy atom. The van der Waals surface area contributed by atoms with Gasteiger partial charge in [-0.05, 0) is 56.6 Å². The number of hydrogen-bond donors (Lipinski definition) is 0. The first-order chi connectivity index (χ1) is 14.7. The predicted molar refractivity (Wildman–Crippen MR) is 118 cm³/mol. The van der Waals surface area contributed by atoms with Crippen LogP contribution in [-0.2, 0) is 20.8 Å². The largest absolute Gasteiger partial charge is 0.460 e. The van der Waals surface area contributed by atoms with Crippen molar-refractivity contribution in [2.75, 3.05) is 6.61 Å². The summed E-state index contributed by atoms with van der Waals surface area (Å²) in [6, 6.07) is 3.39. The van der Waals surface area contributed by atoms with Crippen LogP contribution in [0, 0.1) is 24.7 Å². The van der Waals surface area contributed by atoms with Crippen molar-refractivity contribution in [3.8, 4) is 0 Å². The Hall–Kier alpha value is -2.70. The maximum absolute atomic E-state index is 12.8. The predicted octanol–water partition coefficient (Wildman–Crippen LogP) is 3.89. The zero-order valence-corrected chi connectivity index (χ0v) is 19.0. The lowest BCUT2D eigenvalue weighted by Crippen LogP contribution is -2.37. The number of aromatic nitrogens is 2. The van der Waals surface area contributed by atoms with Crippen molar-refractivity contribution in [1.82, 2.24) is 9.55 Å². The van der Waals surface area contributed by atoms with Gasteiger partial charge in [0.25, 0.3) is 0 Å². The number of aryl methyl sites for hydroxylation is 2. The number of nitrogens with zero attached hydrogens (tertiary/aromatic N) is 2. The highest BCUT2D eigenvalue weighted by atomic mass is 16.6. The summed E-state index contributed by atoms with van der Waals surface area (Å²) < 4.78 is 12.6. The number of rotatable bonds is 6. The molecule has 1 fully saturated rings. The molecule has 0 unspecified atom stereocenters. The molecule has 0 radical (unpaired) electrons. The molecular weight excluding hydrogens is 396 g/mol. The number of carbonyl (C=O) groups is 2. The van der Waals surface area contributed by atoms with Gasteiger partial charge in [0.05, 0.1) is 5.39 Å². The molecule has 0 amide bonds. The van der Waals surface area contributed by atoms with Gasteiger partial charge in [0, 0.05) is 18.4 Å². The number of esters is 2. The zero-order chi connectivity index (χ0) is 22.7. The van der Waals surface area contributed by atoms with Crippen LogP contribution in [0.5, 0.6) is 0 Å². The van der Waals surface area contributed by atoms with E-state index >= 15 is 0 Å². The summed E-state index contributed by atoms with van der Waals surface area (Å²) in [6.07, 6.45) is 4.26. The maximum Gasteiger partial charge on any atom is 0.344 e. The molecule has 0 saturated heterocycles. The third kappa shape index (κ3) is 5.14. The first-order valence-corrected chi connectivity index (χ1v) is 11.1. The molecule has 2 aromatic heterocycles. The minimum absolute atomic E-state index is 0.112. The van der Waals surface area contributed by atoms with Crippen LogP contribution < -0.4 is 5.43 Å². The van der Waals surface area contributed by atoms with E-state index in [9.17, 15) is 14.4 Å². The summed E-state index contributed by atoms with van der Waals surface area (Å²) >= 11 is 0. The molecule has 1 saturated carbocycles. The molecule has 31 heavy (non-hydrogen) atoms. The van der Waals surface area contributed by atoms with Crippen LogP contribution >= 0.6 is 0 Å². The lowest BCUT2D eigenvalue weighted by Gasteiger charge is -2.36. The van der Waals surface area contributed by atoms with Crippen LogP contribution in [-0.4, -0.2) is 34.2 Å². The van der Waals surface area contributed by atoms with Gasteiger partial charge in [-0.1, -0.05) is 27.2 Å². The van der Waals surface area contributed by atoms with Crippen LogP contribution in [0.25, 0.3) is 11.0 Å². The molecule has 7 heteroatoms. The highest BCUT2D eigenvalue weighted by molar-refractivity contribution is 5.94. The Balaban J connectivity index is 1.71. The van der Waals surface area contributed by atoms with E-state index in [1.54, 1.807) is 16.7 Å². The van der Waals surface area contributed by atoms with Crippen molar-refractivity contribution < 1.29 is 19.1 Å². The Morgan fingerprint density at radius 2 is 2.00 bits per heavy atom. The number of ether oxygens (including phenoxy) is 2. The van der Waals surface area contributed by atoms with Gasteiger partial charge < -0.3 is 14.0 Å². The van der Waals surface area contributed by atoms with Gasteiger partial charge in [0.1, 0.15) is 17.3 Å². The molecule has 2 heterocycles. The molecule has 7 nitrogen and oxygen atoms in total. The molecule has 0 spiro atoms. The number of carbonyl (C=O) groups excluding carboxylic acids is 2. The van der Waals surface area contributed by atoms with E-state index in [4.69, 9.17) is 9.47 Å². The van der Waals surface area contributed by atoms with Crippen LogP contribution in [0.2, 0.25) is 0 Å². The number of fused-ring (bicyclic) bond motifs is 1. The van der Waals surface area contributed by atoms with E-state index in [-0.39, 0.29) is 11.7 Å². The molecule has 0 bridgehead atoms. The van der Waals surface area contributed by atoms with E-state index < -0.39 is 24.0 Å². The van der Waals surface area contributed by atoms with E-state index in [2.05, 4.69) is 25.8 Å². The SMILES string of the molecule is CCn1cc(C(=O)OCC(=O)O[C@H]2C[C@@H](C)CC[C@@H]2C(C)C)c(=O)c2ccc(C)nc21. The number of hydrogen-bond acceptors (Lipinski definition) is 6. The third-order valence-electron chi connectivity index (χ3n) is 6.19. The molecule has 0 aliphatic heterocycles. The first kappa shape index (κ1) is 23.0. The van der Waals surface area contributed by atoms with Crippen LogP contribution in [0.1, 0.15) is 63.0 Å². The smallest absolute Gasteiger partial charge is 0.344 e. The second-order valence-corrected chi connectivity index (χ2v) is 8.91. The molecular formula is C24H32N2O5. The van der Waals surface area contributed by atoms with Gasteiger partial charge in [-0.15, -0.1) is 0 Å². The number of pyridine rings is 2. The van der Waals surface area contributed by atoms with Crippen molar-refractivity contribution in [3.05, 3.63) is 39.8 Å². The Kier molecular flexibility index (Phi) is 7.13. The highest BCUT2D eigenvalue weighted by Crippen LogP contribution is 2.35. The summed E-state index contributed by atoms with van der Waals surface area (Å²) in [5.41, 5.74) is 0.740. The summed E-state index contributed by atoms with van der Waals surface area (Å²) in [5, 5.41) is 0.348. The van der Waals surface area contributed by atoms with E-state index in [0.717, 1.165) is 25.0 Å². The summed E-state index contributed by atoms with van der Waals surface area (Å²) in [6.45, 7) is 10.2. The molecule has 1 aliphatic rings. The van der Waals surface area contributed by atoms with Gasteiger partial charge in [-0.25, -0.2) is 14.6 Å². The van der Waals surface area contributed by atoms with Crippen molar-refractivity contribution in [2.24, 2.45) is 17.8 Å². The van der Waals surface area contributed by atoms with E-state index in [1.165, 1.54) is 6.20 Å². The van der Waals surface area contributed by atoms with Gasteiger partial charge >= 0.3 is 11.9 Å². The second kappa shape index (κ2) is 9.62. The average Bonchev–Trinajstić information content (AvgIpc) is 2.72. The fourth-order valence-corrected chi connectivity index (χ4v) is 4.40. The fourth-order valence-electron chi connectivity index (χ4n) is 4.40. The minimum atomic E-state index is -0.830. The zero-order valence-electron chi connectivity index (χ0n) is 19.0. The standard InChI is InChI=1S/C24H32N2O5/c1-6-26-12-19(22(28)18-10-8-16(5)25-23(18)26)24(29)30-13-21(27)31-20-11-15(4)7-9-17(20)14(2)3/h8,10,12,14-15,17,20H,6-7,9,11,13H2,1-5H3/t15-,17+,20-/m0/s1. The Morgan fingerprint density at radius 3 is 2.68 bits per heavy atom. The van der Waals surface area contributed by atoms with Crippen LogP contribution in [0.4, 0.5) is 0 Å². The lowest BCUT2D eigenvalue weighted by molar-refractivity contribution is -0.159. The quantitative estimate of drug-likeness (QED) is 0.649. The van der Waals surface area contributed by atoms with Crippen molar-refractivity contribution in [2.45, 2.75) is 66.5 Å². The molecule has 1 aliphatic carbocycles. The topological polar surface area (TPSA) is 87.5 Å². The molecule has 3 atom stereocenters. The van der Waals surface area contributed by atoms with E-state index in [1.807, 2.05) is 13.8 Å². The van der Waals surface area contributed by atoms with Gasteiger partial charge in [0.15, 0.2) is 6.61 Å². The minimum Gasteiger partial charge on any atom is -0.460 e. The molecule has 0 N–H and O–H groups in total. The lowest BCUT2D eigenvalue weighted by atomic mass is 9.75. The summed E-state index contributed by atoms with van der Waals surface area (Å²) in [4.78, 5) is 42.2. The molecule has 0 aromatic carbocycles. The third-order valence-corrected chi connectivity index (χ3v) is 6.19. The fraction of sp³-hybridized carbons (Fsp3) is 0.583.